The van der Waals surface area contributed by atoms with Crippen LogP contribution in [0.25, 0.3) is 33.1 Å². The molecule has 0 fully saturated rings. The highest BCUT2D eigenvalue weighted by Gasteiger charge is 2.06. The van der Waals surface area contributed by atoms with E-state index in [1.807, 2.05) is 30.5 Å². The van der Waals surface area contributed by atoms with Gasteiger partial charge in [-0.2, -0.15) is 0 Å². The third kappa shape index (κ3) is 1.61. The van der Waals surface area contributed by atoms with Gasteiger partial charge >= 0.3 is 0 Å². The molecule has 0 atom stereocenters. The molecule has 0 saturated carbocycles. The predicted octanol–water partition coefficient (Wildman–Crippen LogP) is 4.38. The Morgan fingerprint density at radius 3 is 2.53 bits per heavy atom. The maximum absolute atomic E-state index is 4.50. The largest absolute Gasteiger partial charge is 0.354 e. The molecule has 19 heavy (non-hydrogen) atoms. The first-order valence-electron chi connectivity index (χ1n) is 6.34. The van der Waals surface area contributed by atoms with E-state index in [2.05, 4.69) is 46.4 Å². The van der Waals surface area contributed by atoms with E-state index in [0.29, 0.717) is 0 Å². The maximum Gasteiger partial charge on any atom is 0.0723 e. The molecule has 0 unspecified atom stereocenters. The molecule has 0 aliphatic rings. The molecule has 2 aromatic heterocycles. The summed E-state index contributed by atoms with van der Waals surface area (Å²) in [6.45, 7) is 0. The quantitative estimate of drug-likeness (QED) is 0.528. The summed E-state index contributed by atoms with van der Waals surface area (Å²) < 4.78 is 0. The molecule has 1 N–H and O–H groups in total. The van der Waals surface area contributed by atoms with Crippen LogP contribution in [-0.4, -0.2) is 9.97 Å². The van der Waals surface area contributed by atoms with Gasteiger partial charge < -0.3 is 4.98 Å². The van der Waals surface area contributed by atoms with E-state index in [4.69, 9.17) is 0 Å². The van der Waals surface area contributed by atoms with Crippen LogP contribution in [0, 0.1) is 0 Å². The molecule has 0 saturated heterocycles. The number of pyridine rings is 1. The van der Waals surface area contributed by atoms with Gasteiger partial charge in [0.05, 0.1) is 11.0 Å². The van der Waals surface area contributed by atoms with E-state index >= 15 is 0 Å². The lowest BCUT2D eigenvalue weighted by atomic mass is 10.1. The van der Waals surface area contributed by atoms with E-state index in [0.717, 1.165) is 22.1 Å². The van der Waals surface area contributed by atoms with Gasteiger partial charge in [-0.3, -0.25) is 4.98 Å². The van der Waals surface area contributed by atoms with Gasteiger partial charge in [-0.1, -0.05) is 48.5 Å². The number of H-pyrrole nitrogens is 1. The monoisotopic (exact) mass is 244 g/mol. The van der Waals surface area contributed by atoms with Gasteiger partial charge in [0.25, 0.3) is 0 Å². The lowest BCUT2D eigenvalue weighted by molar-refractivity contribution is 1.43. The van der Waals surface area contributed by atoms with Crippen LogP contribution >= 0.6 is 0 Å². The summed E-state index contributed by atoms with van der Waals surface area (Å²) in [6.07, 6.45) is 1.93. The van der Waals surface area contributed by atoms with Crippen molar-refractivity contribution in [3.63, 3.8) is 0 Å². The van der Waals surface area contributed by atoms with Crippen LogP contribution in [0.2, 0.25) is 0 Å². The summed E-state index contributed by atoms with van der Waals surface area (Å²) in [5.74, 6) is 0. The fourth-order valence-electron chi connectivity index (χ4n) is 2.51. The highest BCUT2D eigenvalue weighted by atomic mass is 14.7. The Morgan fingerprint density at radius 2 is 1.63 bits per heavy atom. The third-order valence-corrected chi connectivity index (χ3v) is 3.45. The molecule has 4 aromatic rings. The number of aromatic nitrogens is 2. The molecule has 2 heteroatoms. The van der Waals surface area contributed by atoms with Crippen molar-refractivity contribution in [3.05, 3.63) is 66.9 Å². The smallest absolute Gasteiger partial charge is 0.0723 e. The number of fused-ring (bicyclic) bond motifs is 3. The fraction of sp³-hybridized carbons (Fsp3) is 0. The van der Waals surface area contributed by atoms with Crippen molar-refractivity contribution in [2.24, 2.45) is 0 Å². The average molecular weight is 244 g/mol. The van der Waals surface area contributed by atoms with Crippen LogP contribution in [0.4, 0.5) is 0 Å². The van der Waals surface area contributed by atoms with Crippen molar-refractivity contribution in [2.75, 3.05) is 0 Å². The Kier molecular flexibility index (Phi) is 2.15. The van der Waals surface area contributed by atoms with Crippen LogP contribution in [-0.2, 0) is 0 Å². The first-order valence-corrected chi connectivity index (χ1v) is 6.34. The lowest BCUT2D eigenvalue weighted by Gasteiger charge is -1.98. The summed E-state index contributed by atoms with van der Waals surface area (Å²) in [7, 11) is 0. The Bertz CT molecular complexity index is 860. The maximum atomic E-state index is 4.50. The summed E-state index contributed by atoms with van der Waals surface area (Å²) >= 11 is 0. The SMILES string of the molecule is c1ccc(-c2cc3cnc4ccccc4c3[nH]2)cc1. The molecule has 0 amide bonds. The van der Waals surface area contributed by atoms with Crippen LogP contribution in [0.1, 0.15) is 0 Å². The second-order valence-corrected chi connectivity index (χ2v) is 4.65. The molecule has 4 rings (SSSR count). The molecule has 90 valence electrons. The van der Waals surface area contributed by atoms with Crippen LogP contribution in [0.15, 0.2) is 66.9 Å². The Morgan fingerprint density at radius 1 is 0.842 bits per heavy atom. The molecule has 2 nitrogen and oxygen atoms in total. The minimum atomic E-state index is 1.02. The number of nitrogens with zero attached hydrogens (tertiary/aromatic N) is 1. The van der Waals surface area contributed by atoms with Crippen LogP contribution in [0.3, 0.4) is 0 Å². The van der Waals surface area contributed by atoms with E-state index in [9.17, 15) is 0 Å². The van der Waals surface area contributed by atoms with Gasteiger partial charge in [0, 0.05) is 22.7 Å². The van der Waals surface area contributed by atoms with Crippen molar-refractivity contribution >= 4 is 21.8 Å². The predicted molar refractivity (Wildman–Crippen MR) is 79.0 cm³/mol. The zero-order valence-corrected chi connectivity index (χ0v) is 10.3. The molecule has 0 aliphatic heterocycles. The second kappa shape index (κ2) is 3.95. The average Bonchev–Trinajstić information content (AvgIpc) is 2.93. The second-order valence-electron chi connectivity index (χ2n) is 4.65. The summed E-state index contributed by atoms with van der Waals surface area (Å²) in [5, 5.41) is 2.32. The minimum absolute atomic E-state index is 1.02. The fourth-order valence-corrected chi connectivity index (χ4v) is 2.51. The lowest BCUT2D eigenvalue weighted by Crippen LogP contribution is -1.79. The summed E-state index contributed by atoms with van der Waals surface area (Å²) in [4.78, 5) is 8.01. The standard InChI is InChI=1S/C17H12N2/c1-2-6-12(7-3-1)16-10-13-11-18-15-9-5-4-8-14(15)17(13)19-16/h1-11,19H. The van der Waals surface area contributed by atoms with E-state index < -0.39 is 0 Å². The topological polar surface area (TPSA) is 28.7 Å². The van der Waals surface area contributed by atoms with Crippen molar-refractivity contribution in [1.29, 1.82) is 0 Å². The molecule has 2 aromatic carbocycles. The van der Waals surface area contributed by atoms with Gasteiger partial charge in [-0.05, 0) is 17.7 Å². The first kappa shape index (κ1) is 10.3. The number of hydrogen-bond donors (Lipinski definition) is 1. The normalized spacial score (nSPS) is 11.2. The Labute approximate surface area is 110 Å². The number of aromatic amines is 1. The summed E-state index contributed by atoms with van der Waals surface area (Å²) in [5.41, 5.74) is 4.51. The van der Waals surface area contributed by atoms with Crippen molar-refractivity contribution < 1.29 is 0 Å². The zero-order chi connectivity index (χ0) is 12.7. The van der Waals surface area contributed by atoms with Crippen LogP contribution < -0.4 is 0 Å². The van der Waals surface area contributed by atoms with E-state index in [1.54, 1.807) is 0 Å². The first-order chi connectivity index (χ1) is 9.42. The van der Waals surface area contributed by atoms with Crippen molar-refractivity contribution in [3.8, 4) is 11.3 Å². The van der Waals surface area contributed by atoms with Gasteiger partial charge in [0.15, 0.2) is 0 Å². The number of rotatable bonds is 1. The van der Waals surface area contributed by atoms with Crippen molar-refractivity contribution in [1.82, 2.24) is 9.97 Å². The van der Waals surface area contributed by atoms with E-state index in [-0.39, 0.29) is 0 Å². The summed E-state index contributed by atoms with van der Waals surface area (Å²) in [6, 6.07) is 20.7. The number of benzene rings is 2. The number of hydrogen-bond acceptors (Lipinski definition) is 1. The molecule has 2 heterocycles. The highest BCUT2D eigenvalue weighted by molar-refractivity contribution is 6.04. The van der Waals surface area contributed by atoms with Gasteiger partial charge in [0.1, 0.15) is 0 Å². The van der Waals surface area contributed by atoms with Gasteiger partial charge in [-0.15, -0.1) is 0 Å². The molecular weight excluding hydrogens is 232 g/mol. The zero-order valence-electron chi connectivity index (χ0n) is 10.3. The molecule has 0 aliphatic carbocycles. The Balaban J connectivity index is 2.04. The number of para-hydroxylation sites is 1. The van der Waals surface area contributed by atoms with Crippen molar-refractivity contribution in [2.45, 2.75) is 0 Å². The van der Waals surface area contributed by atoms with Crippen LogP contribution in [0.5, 0.6) is 0 Å². The van der Waals surface area contributed by atoms with E-state index in [1.165, 1.54) is 10.9 Å². The number of nitrogens with one attached hydrogen (secondary N) is 1. The minimum Gasteiger partial charge on any atom is -0.354 e. The third-order valence-electron chi connectivity index (χ3n) is 3.45. The molecule has 0 bridgehead atoms. The van der Waals surface area contributed by atoms with Gasteiger partial charge in [-0.25, -0.2) is 0 Å². The Hall–Kier alpha value is -2.61. The molecule has 0 spiro atoms. The van der Waals surface area contributed by atoms with Gasteiger partial charge in [0.2, 0.25) is 0 Å². The molecular formula is C17H12N2. The molecule has 0 radical (unpaired) electrons. The highest BCUT2D eigenvalue weighted by Crippen LogP contribution is 2.28.